The molecule has 0 fully saturated rings. The summed E-state index contributed by atoms with van der Waals surface area (Å²) < 4.78 is 13.8. The van der Waals surface area contributed by atoms with E-state index in [0.717, 1.165) is 38.9 Å². The molecule has 0 aromatic heterocycles. The number of aliphatic hydroxyl groups is 2. The molecule has 47 heavy (non-hydrogen) atoms. The second-order valence-corrected chi connectivity index (χ2v) is 10.9. The number of aliphatic hydroxyl groups excluding tert-OH is 2. The number of fused-ring (bicyclic) bond motifs is 1. The fourth-order valence-corrected chi connectivity index (χ4v) is 6.68. The zero-order chi connectivity index (χ0) is 34.5. The Labute approximate surface area is 353 Å². The number of hydrogen-bond acceptors (Lipinski definition) is 3. The molecule has 2 N–H and O–H groups in total. The van der Waals surface area contributed by atoms with Crippen molar-refractivity contribution in [2.45, 2.75) is 81.8 Å². The molecule has 3 nitrogen and oxygen atoms in total. The SMILES string of the molecule is CC.CC.CC.CC.CC.O=P(c1ccccc1)(c1ccccc1)c1ccccc1.O[CH-]CC(O)c1ccc2ccccc2c1.[Eu].[Y]. The number of rotatable bonds is 6. The molecule has 0 saturated heterocycles. The molecule has 5 aromatic carbocycles. The minimum atomic E-state index is -2.78. The smallest absolute Gasteiger partial charge is 0.171 e. The van der Waals surface area contributed by atoms with Gasteiger partial charge in [-0.25, -0.2) is 6.61 Å². The van der Waals surface area contributed by atoms with Crippen LogP contribution in [-0.4, -0.2) is 10.2 Å². The standard InChI is InChI=1S/C18H15OP.C13H13O2.5C2H6.Eu.Y/c19-20(16-10-4-1-5-11-16,17-12-6-2-7-13-17)18-14-8-3-9-15-18;14-8-7-13(15)12-6-5-10-3-1-2-4-11(10)9-12;5*1-2;;/h1-15H;1-6,8-9,13-15H,7H2;5*1-2H3;;/q;-1;;;;;;;. The van der Waals surface area contributed by atoms with Crippen molar-refractivity contribution in [2.75, 3.05) is 0 Å². The van der Waals surface area contributed by atoms with Crippen LogP contribution in [0.2, 0.25) is 0 Å². The predicted molar refractivity (Wildman–Crippen MR) is 202 cm³/mol. The van der Waals surface area contributed by atoms with E-state index < -0.39 is 13.2 Å². The van der Waals surface area contributed by atoms with Gasteiger partial charge in [0.15, 0.2) is 7.14 Å². The van der Waals surface area contributed by atoms with Gasteiger partial charge in [-0.15, -0.1) is 6.42 Å². The van der Waals surface area contributed by atoms with Gasteiger partial charge in [-0.1, -0.05) is 197 Å². The van der Waals surface area contributed by atoms with Gasteiger partial charge in [0, 0.05) is 98.0 Å². The van der Waals surface area contributed by atoms with E-state index in [9.17, 15) is 9.67 Å². The second-order valence-electron chi connectivity index (χ2n) is 8.16. The van der Waals surface area contributed by atoms with E-state index in [1.807, 2.05) is 203 Å². The first kappa shape index (κ1) is 53.0. The monoisotopic (exact) mass is 871 g/mol. The Kier molecular flexibility index (Phi) is 39.5. The molecule has 6 heteroatoms. The van der Waals surface area contributed by atoms with Gasteiger partial charge in [-0.05, 0) is 22.4 Å². The first-order chi connectivity index (χ1) is 22.1. The topological polar surface area (TPSA) is 57.5 Å². The Balaban J connectivity index is -0.000000307. The summed E-state index contributed by atoms with van der Waals surface area (Å²) in [5.74, 6) is 0. The summed E-state index contributed by atoms with van der Waals surface area (Å²) in [6.07, 6.45) is -0.363. The average molecular weight is 871 g/mol. The van der Waals surface area contributed by atoms with Crippen molar-refractivity contribution in [3.8, 4) is 0 Å². The van der Waals surface area contributed by atoms with E-state index in [4.69, 9.17) is 5.11 Å². The van der Waals surface area contributed by atoms with Gasteiger partial charge in [-0.2, -0.15) is 0 Å². The molecule has 0 aliphatic carbocycles. The van der Waals surface area contributed by atoms with Crippen molar-refractivity contribution in [1.29, 1.82) is 0 Å². The van der Waals surface area contributed by atoms with Crippen LogP contribution in [0.3, 0.4) is 0 Å². The number of benzene rings is 5. The van der Waals surface area contributed by atoms with E-state index >= 15 is 0 Å². The van der Waals surface area contributed by atoms with Crippen LogP contribution in [0.1, 0.15) is 87.3 Å². The van der Waals surface area contributed by atoms with Gasteiger partial charge in [0.05, 0.1) is 6.10 Å². The minimum Gasteiger partial charge on any atom is -0.566 e. The summed E-state index contributed by atoms with van der Waals surface area (Å²) in [6, 6.07) is 43.0. The summed E-state index contributed by atoms with van der Waals surface area (Å²) in [4.78, 5) is 0. The first-order valence-electron chi connectivity index (χ1n) is 16.5. The van der Waals surface area contributed by atoms with Gasteiger partial charge in [0.25, 0.3) is 0 Å². The molecule has 1 unspecified atom stereocenters. The molecule has 5 aromatic rings. The van der Waals surface area contributed by atoms with Crippen molar-refractivity contribution in [2.24, 2.45) is 0 Å². The average Bonchev–Trinajstić information content (AvgIpc) is 3.16. The summed E-state index contributed by atoms with van der Waals surface area (Å²) in [5.41, 5.74) is 0.832. The van der Waals surface area contributed by atoms with Crippen molar-refractivity contribution < 1.29 is 96.9 Å². The van der Waals surface area contributed by atoms with E-state index in [1.165, 1.54) is 0 Å². The van der Waals surface area contributed by atoms with Crippen LogP contribution in [-0.2, 0) is 37.3 Å². The Hall–Kier alpha value is -0.802. The molecule has 0 amide bonds. The van der Waals surface area contributed by atoms with E-state index in [1.54, 1.807) is 0 Å². The molecule has 5 rings (SSSR count). The predicted octanol–water partition coefficient (Wildman–Crippen LogP) is 11.3. The molecule has 0 aliphatic heterocycles. The van der Waals surface area contributed by atoms with E-state index in [2.05, 4.69) is 0 Å². The maximum Gasteiger partial charge on any atom is 0.171 e. The van der Waals surface area contributed by atoms with Crippen LogP contribution in [0.5, 0.6) is 0 Å². The van der Waals surface area contributed by atoms with Crippen LogP contribution >= 0.6 is 7.14 Å². The second kappa shape index (κ2) is 35.0. The third-order valence-electron chi connectivity index (χ3n) is 5.85. The Morgan fingerprint density at radius 3 is 1.19 bits per heavy atom. The summed E-state index contributed by atoms with van der Waals surface area (Å²) >= 11 is 0. The zero-order valence-corrected chi connectivity index (χ0v) is 36.4. The van der Waals surface area contributed by atoms with Gasteiger partial charge >= 0.3 is 0 Å². The van der Waals surface area contributed by atoms with Crippen LogP contribution < -0.4 is 15.9 Å². The molecule has 0 aliphatic rings. The van der Waals surface area contributed by atoms with Crippen molar-refractivity contribution in [3.63, 3.8) is 0 Å². The summed E-state index contributed by atoms with van der Waals surface area (Å²) in [7, 11) is -2.78. The molecular weight excluding hydrogens is 812 g/mol. The van der Waals surface area contributed by atoms with Crippen molar-refractivity contribution in [3.05, 3.63) is 146 Å². The molecule has 256 valence electrons. The third kappa shape index (κ3) is 18.1. The Morgan fingerprint density at radius 1 is 0.532 bits per heavy atom. The van der Waals surface area contributed by atoms with Crippen LogP contribution in [0.4, 0.5) is 0 Å². The van der Waals surface area contributed by atoms with E-state index in [0.29, 0.717) is 0 Å². The largest absolute Gasteiger partial charge is 0.566 e. The molecule has 0 bridgehead atoms. The van der Waals surface area contributed by atoms with Crippen molar-refractivity contribution in [1.82, 2.24) is 0 Å². The quantitative estimate of drug-likeness (QED) is 0.132. The molecule has 2 radical (unpaired) electrons. The third-order valence-corrected chi connectivity index (χ3v) is 8.92. The minimum absolute atomic E-state index is 0. The molecule has 1 atom stereocenters. The zero-order valence-electron chi connectivity index (χ0n) is 30.3. The summed E-state index contributed by atoms with van der Waals surface area (Å²) in [5, 5.41) is 23.2. The Bertz CT molecular complexity index is 1300. The number of hydrogen-bond donors (Lipinski definition) is 2. The van der Waals surface area contributed by atoms with Gasteiger partial charge in [0.2, 0.25) is 0 Å². The van der Waals surface area contributed by atoms with Crippen LogP contribution in [0.25, 0.3) is 10.8 Å². The van der Waals surface area contributed by atoms with Gasteiger partial charge in [0.1, 0.15) is 0 Å². The molecule has 0 saturated carbocycles. The molecular formula is C41H58EuO3PY-. The van der Waals surface area contributed by atoms with Gasteiger partial charge in [-0.3, -0.25) is 0 Å². The maximum absolute atomic E-state index is 13.8. The molecule has 0 heterocycles. The first-order valence-corrected chi connectivity index (χ1v) is 18.2. The maximum atomic E-state index is 13.8. The fourth-order valence-electron chi connectivity index (χ4n) is 4.01. The Morgan fingerprint density at radius 2 is 0.851 bits per heavy atom. The van der Waals surface area contributed by atoms with E-state index in [-0.39, 0.29) is 88.5 Å². The van der Waals surface area contributed by atoms with Gasteiger partial charge < -0.3 is 14.8 Å². The van der Waals surface area contributed by atoms with Crippen molar-refractivity contribution >= 4 is 33.8 Å². The summed E-state index contributed by atoms with van der Waals surface area (Å²) in [6.45, 7) is 21.0. The fraction of sp³-hybridized carbons (Fsp3) is 0.293. The molecule has 0 spiro atoms. The normalized spacial score (nSPS) is 9.53. The van der Waals surface area contributed by atoms with Crippen LogP contribution in [0, 0.1) is 56.0 Å². The van der Waals surface area contributed by atoms with Crippen LogP contribution in [0.15, 0.2) is 133 Å².